The second-order valence-corrected chi connectivity index (χ2v) is 8.84. The van der Waals surface area contributed by atoms with Crippen molar-refractivity contribution in [3.63, 3.8) is 0 Å². The van der Waals surface area contributed by atoms with E-state index < -0.39 is 0 Å². The van der Waals surface area contributed by atoms with Crippen molar-refractivity contribution in [3.05, 3.63) is 66.4 Å². The number of hydrazone groups is 1. The largest absolute Gasteiger partial charge is 0.316 e. The summed E-state index contributed by atoms with van der Waals surface area (Å²) in [5, 5.41) is 9.36. The molecule has 1 amide bonds. The lowest BCUT2D eigenvalue weighted by molar-refractivity contribution is -0.134. The van der Waals surface area contributed by atoms with Gasteiger partial charge in [-0.15, -0.1) is 0 Å². The number of thioether (sulfide) groups is 1. The number of amides is 1. The smallest absolute Gasteiger partial charge is 0.246 e. The number of rotatable bonds is 4. The number of anilines is 1. The van der Waals surface area contributed by atoms with Crippen LogP contribution in [0.3, 0.4) is 0 Å². The first kappa shape index (κ1) is 19.2. The zero-order valence-electron chi connectivity index (χ0n) is 16.9. The van der Waals surface area contributed by atoms with Gasteiger partial charge in [-0.2, -0.15) is 5.10 Å². The molecule has 2 atom stereocenters. The van der Waals surface area contributed by atoms with E-state index in [1.807, 2.05) is 18.2 Å². The van der Waals surface area contributed by atoms with E-state index in [4.69, 9.17) is 0 Å². The van der Waals surface area contributed by atoms with Crippen LogP contribution in [-0.4, -0.2) is 47.8 Å². The van der Waals surface area contributed by atoms with E-state index >= 15 is 0 Å². The third-order valence-electron chi connectivity index (χ3n) is 5.78. The van der Waals surface area contributed by atoms with Crippen molar-refractivity contribution in [1.82, 2.24) is 15.2 Å². The number of para-hydroxylation sites is 1. The lowest BCUT2D eigenvalue weighted by atomic mass is 9.99. The first-order chi connectivity index (χ1) is 14.7. The molecule has 0 saturated carbocycles. The van der Waals surface area contributed by atoms with Gasteiger partial charge in [0.1, 0.15) is 6.34 Å². The summed E-state index contributed by atoms with van der Waals surface area (Å²) >= 11 is 1.80. The number of carbonyl (C=O) groups is 1. The number of nitrogens with one attached hydrogen (secondary N) is 1. The molecule has 2 aromatic carbocycles. The van der Waals surface area contributed by atoms with Crippen molar-refractivity contribution in [2.24, 2.45) is 11.0 Å². The fourth-order valence-corrected chi connectivity index (χ4v) is 5.42. The lowest BCUT2D eigenvalue weighted by Gasteiger charge is -2.27. The molecule has 5 rings (SSSR count). The highest BCUT2D eigenvalue weighted by Crippen LogP contribution is 2.49. The monoisotopic (exact) mass is 419 g/mol. The van der Waals surface area contributed by atoms with Crippen LogP contribution in [0.25, 0.3) is 5.70 Å². The second-order valence-electron chi connectivity index (χ2n) is 7.74. The predicted octanol–water partition coefficient (Wildman–Crippen LogP) is 3.60. The molecule has 0 aromatic heterocycles. The van der Waals surface area contributed by atoms with Crippen molar-refractivity contribution < 1.29 is 4.79 Å². The highest BCUT2D eigenvalue weighted by molar-refractivity contribution is 8.00. The van der Waals surface area contributed by atoms with E-state index in [9.17, 15) is 4.79 Å². The van der Waals surface area contributed by atoms with Crippen molar-refractivity contribution in [3.8, 4) is 0 Å². The Morgan fingerprint density at radius 3 is 2.80 bits per heavy atom. The van der Waals surface area contributed by atoms with E-state index in [0.717, 1.165) is 37.2 Å². The van der Waals surface area contributed by atoms with Crippen LogP contribution in [0.15, 0.2) is 70.8 Å². The van der Waals surface area contributed by atoms with Gasteiger partial charge < -0.3 is 10.2 Å². The molecule has 3 aliphatic heterocycles. The summed E-state index contributed by atoms with van der Waals surface area (Å²) in [5.74, 6) is 0.0762. The Morgan fingerprint density at radius 1 is 1.20 bits per heavy atom. The maximum absolute atomic E-state index is 12.8. The molecule has 0 bridgehead atoms. The molecule has 1 N–H and O–H groups in total. The highest BCUT2D eigenvalue weighted by atomic mass is 32.2. The van der Waals surface area contributed by atoms with Crippen LogP contribution in [0, 0.1) is 5.92 Å². The lowest BCUT2D eigenvalue weighted by Crippen LogP contribution is -2.40. The number of nitrogens with zero attached hydrogens (tertiary/aromatic N) is 4. The Morgan fingerprint density at radius 2 is 2.00 bits per heavy atom. The summed E-state index contributed by atoms with van der Waals surface area (Å²) in [6.07, 6.45) is 5.94. The SMILES string of the molecule is CN(N=CN1C(c2ccccc2)=CN2c3ccccc3SC12)C(=O)C1CCCNC1. The van der Waals surface area contributed by atoms with Gasteiger partial charge in [-0.1, -0.05) is 54.2 Å². The normalized spacial score (nSPS) is 22.8. The first-order valence-corrected chi connectivity index (χ1v) is 11.2. The quantitative estimate of drug-likeness (QED) is 0.466. The molecular formula is C23H25N5OS. The summed E-state index contributed by atoms with van der Waals surface area (Å²) in [6.45, 7) is 1.73. The van der Waals surface area contributed by atoms with E-state index in [1.165, 1.54) is 15.6 Å². The fraction of sp³-hybridized carbons (Fsp3) is 0.304. The average Bonchev–Trinajstić information content (AvgIpc) is 3.34. The number of benzene rings is 2. The Kier molecular flexibility index (Phi) is 5.23. The fourth-order valence-electron chi connectivity index (χ4n) is 4.17. The molecule has 3 aliphatic rings. The Hall–Kier alpha value is -2.77. The average molecular weight is 420 g/mol. The van der Waals surface area contributed by atoms with Gasteiger partial charge in [-0.3, -0.25) is 9.69 Å². The molecule has 0 aliphatic carbocycles. The van der Waals surface area contributed by atoms with Crippen molar-refractivity contribution in [2.45, 2.75) is 23.2 Å². The molecule has 30 heavy (non-hydrogen) atoms. The van der Waals surface area contributed by atoms with Crippen molar-refractivity contribution >= 4 is 35.4 Å². The van der Waals surface area contributed by atoms with Crippen LogP contribution in [0.5, 0.6) is 0 Å². The summed E-state index contributed by atoms with van der Waals surface area (Å²) in [5.41, 5.74) is 3.46. The second kappa shape index (κ2) is 8.16. The Balaban J connectivity index is 1.41. The maximum atomic E-state index is 12.8. The van der Waals surface area contributed by atoms with E-state index in [1.54, 1.807) is 25.1 Å². The van der Waals surface area contributed by atoms with Crippen LogP contribution in [0.2, 0.25) is 0 Å². The van der Waals surface area contributed by atoms with Crippen LogP contribution in [0.4, 0.5) is 5.69 Å². The zero-order chi connectivity index (χ0) is 20.5. The minimum absolute atomic E-state index is 0.00484. The molecule has 6 nitrogen and oxygen atoms in total. The minimum atomic E-state index is 0.00484. The summed E-state index contributed by atoms with van der Waals surface area (Å²) in [7, 11) is 1.75. The maximum Gasteiger partial charge on any atom is 0.246 e. The summed E-state index contributed by atoms with van der Waals surface area (Å²) in [6, 6.07) is 18.8. The Labute approximate surface area is 181 Å². The third kappa shape index (κ3) is 3.48. The highest BCUT2D eigenvalue weighted by Gasteiger charge is 2.39. The third-order valence-corrected chi connectivity index (χ3v) is 7.04. The summed E-state index contributed by atoms with van der Waals surface area (Å²) < 4.78 is 0. The van der Waals surface area contributed by atoms with Gasteiger partial charge in [0.15, 0.2) is 5.50 Å². The standard InChI is InChI=1S/C23H25N5OS/c1-26(22(29)18-10-7-13-24-14-18)25-16-28-20(17-8-3-2-4-9-17)15-27-19-11-5-6-12-21(19)30-23(27)28/h2-6,8-9,11-12,15-16,18,23-24H,7,10,13-14H2,1H3. The molecule has 0 radical (unpaired) electrons. The molecule has 3 heterocycles. The van der Waals surface area contributed by atoms with Gasteiger partial charge in [-0.05, 0) is 37.1 Å². The molecule has 154 valence electrons. The van der Waals surface area contributed by atoms with Gasteiger partial charge in [0.25, 0.3) is 0 Å². The number of hydrogen-bond acceptors (Lipinski definition) is 5. The van der Waals surface area contributed by atoms with Crippen LogP contribution < -0.4 is 10.2 Å². The summed E-state index contributed by atoms with van der Waals surface area (Å²) in [4.78, 5) is 18.5. The van der Waals surface area contributed by atoms with Gasteiger partial charge in [-0.25, -0.2) is 5.01 Å². The molecular weight excluding hydrogens is 394 g/mol. The molecule has 2 aromatic rings. The van der Waals surface area contributed by atoms with Gasteiger partial charge in [0, 0.05) is 24.7 Å². The van der Waals surface area contributed by atoms with Crippen molar-refractivity contribution in [1.29, 1.82) is 0 Å². The number of carbonyl (C=O) groups excluding carboxylic acids is 1. The number of fused-ring (bicyclic) bond motifs is 3. The molecule has 1 fully saturated rings. The molecule has 0 spiro atoms. The topological polar surface area (TPSA) is 51.2 Å². The van der Waals surface area contributed by atoms with Gasteiger partial charge in [0.2, 0.25) is 5.91 Å². The molecule has 1 saturated heterocycles. The predicted molar refractivity (Wildman–Crippen MR) is 122 cm³/mol. The van der Waals surface area contributed by atoms with E-state index in [0.29, 0.717) is 0 Å². The van der Waals surface area contributed by atoms with E-state index in [2.05, 4.69) is 62.8 Å². The van der Waals surface area contributed by atoms with Crippen LogP contribution in [-0.2, 0) is 4.79 Å². The Bertz CT molecular complexity index is 986. The zero-order valence-corrected chi connectivity index (χ0v) is 17.8. The number of piperidine rings is 1. The minimum Gasteiger partial charge on any atom is -0.316 e. The number of hydrogen-bond donors (Lipinski definition) is 1. The van der Waals surface area contributed by atoms with Gasteiger partial charge in [0.05, 0.1) is 17.3 Å². The molecule has 2 unspecified atom stereocenters. The van der Waals surface area contributed by atoms with Crippen LogP contribution in [0.1, 0.15) is 18.4 Å². The molecule has 7 heteroatoms. The first-order valence-electron chi connectivity index (χ1n) is 10.3. The van der Waals surface area contributed by atoms with E-state index in [-0.39, 0.29) is 17.3 Å². The van der Waals surface area contributed by atoms with Crippen molar-refractivity contribution in [2.75, 3.05) is 25.0 Å². The van der Waals surface area contributed by atoms with Gasteiger partial charge >= 0.3 is 0 Å². The van der Waals surface area contributed by atoms with Crippen LogP contribution >= 0.6 is 11.8 Å².